The summed E-state index contributed by atoms with van der Waals surface area (Å²) in [5.74, 6) is 4.70. The largest absolute Gasteiger partial charge is 0.457 e. The number of ketones is 2. The normalized spacial score (nSPS) is 10.9. The Morgan fingerprint density at radius 3 is 0.846 bits per heavy atom. The van der Waals surface area contributed by atoms with Gasteiger partial charge in [0, 0.05) is 56.1 Å². The van der Waals surface area contributed by atoms with E-state index in [9.17, 15) is 9.59 Å². The maximum absolute atomic E-state index is 13.8. The van der Waals surface area contributed by atoms with Gasteiger partial charge in [0.1, 0.15) is 46.0 Å². The van der Waals surface area contributed by atoms with E-state index in [4.69, 9.17) is 18.9 Å². The van der Waals surface area contributed by atoms with Crippen LogP contribution in [-0.4, -0.2) is 11.6 Å². The molecule has 0 bridgehead atoms. The zero-order valence-electron chi connectivity index (χ0n) is 42.0. The fraction of sp³-hybridized carbons (Fsp3) is 0. The van der Waals surface area contributed by atoms with Gasteiger partial charge in [-0.1, -0.05) is 97.1 Å². The molecular formula is C70H48N2O6. The Hall–Kier alpha value is -10.7. The standard InChI is InChI=1S/C70H48N2O6/c73-69(49-19-33-57(34-20-49)75-59-41-29-55(30-42-59)71-53-13-3-1-4-14-53)51-23-37-61(38-24-51)77-65-45-27-47-11-7-9-17-63(47)67(65)68-64-18-10-8-12-48(64)28-46-66(68)78-62-39-25-52(26-40-62)70(74)50-21-35-58(36-22-50)76-60-43-31-56(32-44-60)72-54-15-5-2-6-16-54/h1-46,71-72H. The summed E-state index contributed by atoms with van der Waals surface area (Å²) < 4.78 is 25.8. The van der Waals surface area contributed by atoms with Gasteiger partial charge in [0.2, 0.25) is 0 Å². The first-order chi connectivity index (χ1) is 38.4. The van der Waals surface area contributed by atoms with Crippen LogP contribution in [0, 0.1) is 0 Å². The van der Waals surface area contributed by atoms with Crippen molar-refractivity contribution < 1.29 is 28.5 Å². The highest BCUT2D eigenvalue weighted by Gasteiger charge is 2.21. The summed E-state index contributed by atoms with van der Waals surface area (Å²) in [6.07, 6.45) is 0. The summed E-state index contributed by atoms with van der Waals surface area (Å²) >= 11 is 0. The van der Waals surface area contributed by atoms with Crippen molar-refractivity contribution in [1.29, 1.82) is 0 Å². The third kappa shape index (κ3) is 10.9. The highest BCUT2D eigenvalue weighted by atomic mass is 16.5. The first kappa shape index (κ1) is 48.3. The number of ether oxygens (including phenoxy) is 4. The number of rotatable bonds is 17. The van der Waals surface area contributed by atoms with Crippen LogP contribution in [0.5, 0.6) is 46.0 Å². The van der Waals surface area contributed by atoms with Gasteiger partial charge in [-0.25, -0.2) is 0 Å². The lowest BCUT2D eigenvalue weighted by atomic mass is 9.92. The predicted molar refractivity (Wildman–Crippen MR) is 312 cm³/mol. The summed E-state index contributed by atoms with van der Waals surface area (Å²) in [7, 11) is 0. The molecule has 0 spiro atoms. The Kier molecular flexibility index (Phi) is 13.6. The van der Waals surface area contributed by atoms with E-state index in [1.165, 1.54) is 0 Å². The first-order valence-electron chi connectivity index (χ1n) is 25.5. The van der Waals surface area contributed by atoms with Gasteiger partial charge >= 0.3 is 0 Å². The molecule has 8 nitrogen and oxygen atoms in total. The van der Waals surface area contributed by atoms with E-state index in [1.54, 1.807) is 72.8 Å². The van der Waals surface area contributed by atoms with Crippen LogP contribution in [0.25, 0.3) is 32.7 Å². The van der Waals surface area contributed by atoms with E-state index in [0.717, 1.165) is 55.4 Å². The molecule has 12 aromatic rings. The zero-order valence-corrected chi connectivity index (χ0v) is 42.0. The van der Waals surface area contributed by atoms with Gasteiger partial charge in [-0.3, -0.25) is 9.59 Å². The Labute approximate surface area is 451 Å². The fourth-order valence-electron chi connectivity index (χ4n) is 9.33. The molecule has 0 radical (unpaired) electrons. The first-order valence-corrected chi connectivity index (χ1v) is 25.5. The summed E-state index contributed by atoms with van der Waals surface area (Å²) in [5.41, 5.74) is 7.71. The quantitative estimate of drug-likeness (QED) is 0.0871. The maximum Gasteiger partial charge on any atom is 0.193 e. The van der Waals surface area contributed by atoms with Crippen molar-refractivity contribution in [2.75, 3.05) is 10.6 Å². The van der Waals surface area contributed by atoms with Gasteiger partial charge in [0.15, 0.2) is 11.6 Å². The number of fused-ring (bicyclic) bond motifs is 2. The second-order valence-corrected chi connectivity index (χ2v) is 18.5. The molecule has 0 unspecified atom stereocenters. The summed E-state index contributed by atoms with van der Waals surface area (Å²) in [4.78, 5) is 27.5. The van der Waals surface area contributed by atoms with E-state index in [1.807, 2.05) is 182 Å². The van der Waals surface area contributed by atoms with Gasteiger partial charge in [-0.2, -0.15) is 0 Å². The van der Waals surface area contributed by atoms with Gasteiger partial charge < -0.3 is 29.6 Å². The molecule has 0 fully saturated rings. The van der Waals surface area contributed by atoms with Crippen LogP contribution < -0.4 is 29.6 Å². The number of nitrogens with one attached hydrogen (secondary N) is 2. The SMILES string of the molecule is O=C(c1ccc(Oc2ccc(Nc3ccccc3)cc2)cc1)c1ccc(Oc2ccc3ccccc3c2-c2c(Oc3ccc(C(=O)c4ccc(Oc5ccc(Nc6ccccc6)cc5)cc4)cc3)ccc3ccccc23)cc1. The van der Waals surface area contributed by atoms with Crippen molar-refractivity contribution in [2.24, 2.45) is 0 Å². The van der Waals surface area contributed by atoms with Crippen LogP contribution in [0.15, 0.2) is 279 Å². The lowest BCUT2D eigenvalue weighted by Crippen LogP contribution is -2.01. The number of benzene rings is 12. The number of hydrogen-bond acceptors (Lipinski definition) is 8. The summed E-state index contributed by atoms with van der Waals surface area (Å²) in [5, 5.41) is 10.7. The van der Waals surface area contributed by atoms with E-state index in [0.29, 0.717) is 68.2 Å². The van der Waals surface area contributed by atoms with Crippen molar-refractivity contribution in [1.82, 2.24) is 0 Å². The molecule has 0 heterocycles. The van der Waals surface area contributed by atoms with Crippen LogP contribution in [0.2, 0.25) is 0 Å². The molecule has 0 atom stereocenters. The average Bonchev–Trinajstić information content (AvgIpc) is 3.53. The molecule has 374 valence electrons. The minimum Gasteiger partial charge on any atom is -0.457 e. The third-order valence-corrected chi connectivity index (χ3v) is 13.3. The minimum absolute atomic E-state index is 0.124. The topological polar surface area (TPSA) is 95.1 Å². The van der Waals surface area contributed by atoms with Crippen molar-refractivity contribution in [3.05, 3.63) is 301 Å². The summed E-state index contributed by atoms with van der Waals surface area (Å²) in [6, 6.07) is 88.5. The number of carbonyl (C=O) groups excluding carboxylic acids is 2. The fourth-order valence-corrected chi connectivity index (χ4v) is 9.33. The highest BCUT2D eigenvalue weighted by Crippen LogP contribution is 2.48. The Morgan fingerprint density at radius 2 is 0.513 bits per heavy atom. The van der Waals surface area contributed by atoms with Crippen LogP contribution in [-0.2, 0) is 0 Å². The maximum atomic E-state index is 13.8. The number of para-hydroxylation sites is 2. The van der Waals surface area contributed by atoms with Crippen molar-refractivity contribution >= 4 is 55.9 Å². The van der Waals surface area contributed by atoms with Gasteiger partial charge in [-0.05, 0) is 204 Å². The molecule has 12 rings (SSSR count). The van der Waals surface area contributed by atoms with E-state index < -0.39 is 0 Å². The molecule has 12 aromatic carbocycles. The minimum atomic E-state index is -0.124. The highest BCUT2D eigenvalue weighted by molar-refractivity contribution is 6.11. The van der Waals surface area contributed by atoms with E-state index >= 15 is 0 Å². The van der Waals surface area contributed by atoms with E-state index in [-0.39, 0.29) is 11.6 Å². The molecule has 0 aromatic heterocycles. The number of carbonyl (C=O) groups is 2. The Morgan fingerprint density at radius 1 is 0.244 bits per heavy atom. The molecule has 2 N–H and O–H groups in total. The second-order valence-electron chi connectivity index (χ2n) is 18.5. The second kappa shape index (κ2) is 22.0. The molecule has 0 saturated carbocycles. The van der Waals surface area contributed by atoms with Gasteiger partial charge in [-0.15, -0.1) is 0 Å². The Bertz CT molecular complexity index is 3790. The molecule has 78 heavy (non-hydrogen) atoms. The van der Waals surface area contributed by atoms with Gasteiger partial charge in [0.25, 0.3) is 0 Å². The van der Waals surface area contributed by atoms with Crippen LogP contribution >= 0.6 is 0 Å². The molecule has 8 heteroatoms. The van der Waals surface area contributed by atoms with Crippen LogP contribution in [0.1, 0.15) is 31.8 Å². The lowest BCUT2D eigenvalue weighted by molar-refractivity contribution is 0.103. The summed E-state index contributed by atoms with van der Waals surface area (Å²) in [6.45, 7) is 0. The third-order valence-electron chi connectivity index (χ3n) is 13.3. The van der Waals surface area contributed by atoms with Crippen molar-refractivity contribution in [3.8, 4) is 57.1 Å². The average molecular weight is 1010 g/mol. The van der Waals surface area contributed by atoms with E-state index in [2.05, 4.69) is 34.9 Å². The lowest BCUT2D eigenvalue weighted by Gasteiger charge is -2.20. The number of anilines is 4. The van der Waals surface area contributed by atoms with Gasteiger partial charge in [0.05, 0.1) is 0 Å². The molecule has 0 amide bonds. The number of hydrogen-bond donors (Lipinski definition) is 2. The zero-order chi connectivity index (χ0) is 52.6. The van der Waals surface area contributed by atoms with Crippen molar-refractivity contribution in [2.45, 2.75) is 0 Å². The van der Waals surface area contributed by atoms with Crippen LogP contribution in [0.3, 0.4) is 0 Å². The molecule has 0 saturated heterocycles. The Balaban J connectivity index is 0.746. The molecular weight excluding hydrogens is 965 g/mol. The van der Waals surface area contributed by atoms with Crippen LogP contribution in [0.4, 0.5) is 22.7 Å². The monoisotopic (exact) mass is 1010 g/mol. The molecule has 0 aliphatic rings. The molecule has 0 aliphatic heterocycles. The molecule has 0 aliphatic carbocycles. The predicted octanol–water partition coefficient (Wildman–Crippen LogP) is 18.8. The smallest absolute Gasteiger partial charge is 0.193 e. The van der Waals surface area contributed by atoms with Crippen molar-refractivity contribution in [3.63, 3.8) is 0 Å².